The first-order chi connectivity index (χ1) is 5.12. The Morgan fingerprint density at radius 2 is 2.27 bits per heavy atom. The highest BCUT2D eigenvalue weighted by Crippen LogP contribution is 2.43. The van der Waals surface area contributed by atoms with Crippen molar-refractivity contribution < 1.29 is 0 Å². The molecule has 0 amide bonds. The Balaban J connectivity index is 2.44. The van der Waals surface area contributed by atoms with Crippen molar-refractivity contribution in [3.05, 3.63) is 17.5 Å². The Hall–Kier alpha value is -0.830. The van der Waals surface area contributed by atoms with Crippen LogP contribution in [-0.4, -0.2) is 9.78 Å². The normalized spacial score (nSPS) is 20.3. The highest BCUT2D eigenvalue weighted by molar-refractivity contribution is 5.30. The molecule has 11 heavy (non-hydrogen) atoms. The van der Waals surface area contributed by atoms with E-state index < -0.39 is 0 Å². The molecule has 1 aromatic heterocycles. The predicted molar refractivity (Wildman–Crippen MR) is 43.0 cm³/mol. The predicted octanol–water partition coefficient (Wildman–Crippen LogP) is 0.676. The Morgan fingerprint density at radius 1 is 1.64 bits per heavy atom. The van der Waals surface area contributed by atoms with Gasteiger partial charge in [0.15, 0.2) is 0 Å². The molecule has 1 heterocycles. The number of hydrogen-bond acceptors (Lipinski definition) is 2. The van der Waals surface area contributed by atoms with Crippen LogP contribution in [0.1, 0.15) is 24.1 Å². The van der Waals surface area contributed by atoms with Gasteiger partial charge in [0.25, 0.3) is 0 Å². The van der Waals surface area contributed by atoms with Crippen molar-refractivity contribution in [2.75, 3.05) is 0 Å². The Labute approximate surface area is 66.2 Å². The number of nitrogens with two attached hydrogens (primary N) is 1. The maximum absolute atomic E-state index is 6.03. The summed E-state index contributed by atoms with van der Waals surface area (Å²) in [6.07, 6.45) is 4.25. The molecular weight excluding hydrogens is 138 g/mol. The average molecular weight is 151 g/mol. The second-order valence-corrected chi connectivity index (χ2v) is 3.46. The van der Waals surface area contributed by atoms with Crippen LogP contribution in [0.2, 0.25) is 0 Å². The van der Waals surface area contributed by atoms with Gasteiger partial charge in [0.1, 0.15) is 0 Å². The molecule has 2 rings (SSSR count). The van der Waals surface area contributed by atoms with Crippen molar-refractivity contribution in [2.45, 2.75) is 25.3 Å². The Kier molecular flexibility index (Phi) is 1.16. The van der Waals surface area contributed by atoms with Gasteiger partial charge >= 0.3 is 0 Å². The molecule has 0 spiro atoms. The van der Waals surface area contributed by atoms with Crippen molar-refractivity contribution in [1.29, 1.82) is 0 Å². The lowest BCUT2D eigenvalue weighted by molar-refractivity contribution is 0.730. The van der Waals surface area contributed by atoms with Crippen LogP contribution in [0.4, 0.5) is 0 Å². The molecule has 0 bridgehead atoms. The quantitative estimate of drug-likeness (QED) is 0.641. The van der Waals surface area contributed by atoms with E-state index in [-0.39, 0.29) is 5.54 Å². The van der Waals surface area contributed by atoms with Gasteiger partial charge in [-0.15, -0.1) is 0 Å². The molecule has 3 nitrogen and oxygen atoms in total. The van der Waals surface area contributed by atoms with Gasteiger partial charge in [-0.2, -0.15) is 5.10 Å². The minimum Gasteiger partial charge on any atom is -0.321 e. The smallest absolute Gasteiger partial charge is 0.0644 e. The number of aryl methyl sites for hydroxylation is 2. The topological polar surface area (TPSA) is 43.8 Å². The van der Waals surface area contributed by atoms with Crippen LogP contribution in [0.15, 0.2) is 6.20 Å². The summed E-state index contributed by atoms with van der Waals surface area (Å²) in [5, 5.41) is 4.25. The van der Waals surface area contributed by atoms with Gasteiger partial charge in [0.2, 0.25) is 0 Å². The van der Waals surface area contributed by atoms with E-state index in [2.05, 4.69) is 5.10 Å². The fourth-order valence-electron chi connectivity index (χ4n) is 1.49. The van der Waals surface area contributed by atoms with E-state index in [1.54, 1.807) is 0 Å². The third-order valence-electron chi connectivity index (χ3n) is 2.34. The molecule has 0 aromatic carbocycles. The van der Waals surface area contributed by atoms with Crippen molar-refractivity contribution in [2.24, 2.45) is 12.8 Å². The molecule has 1 aliphatic carbocycles. The van der Waals surface area contributed by atoms with Crippen molar-refractivity contribution >= 4 is 0 Å². The number of hydrogen-bond donors (Lipinski definition) is 1. The van der Waals surface area contributed by atoms with Gasteiger partial charge in [-0.25, -0.2) is 0 Å². The van der Waals surface area contributed by atoms with Crippen molar-refractivity contribution in [1.82, 2.24) is 9.78 Å². The largest absolute Gasteiger partial charge is 0.321 e. The van der Waals surface area contributed by atoms with Crippen LogP contribution in [-0.2, 0) is 12.6 Å². The molecule has 3 heteroatoms. The van der Waals surface area contributed by atoms with E-state index in [9.17, 15) is 0 Å². The van der Waals surface area contributed by atoms with Crippen molar-refractivity contribution in [3.8, 4) is 0 Å². The summed E-state index contributed by atoms with van der Waals surface area (Å²) >= 11 is 0. The molecule has 0 aliphatic heterocycles. The van der Waals surface area contributed by atoms with Crippen molar-refractivity contribution in [3.63, 3.8) is 0 Å². The molecule has 1 fully saturated rings. The summed E-state index contributed by atoms with van der Waals surface area (Å²) in [6.45, 7) is 2.02. The summed E-state index contributed by atoms with van der Waals surface area (Å²) in [5.74, 6) is 0. The third kappa shape index (κ3) is 0.959. The maximum atomic E-state index is 6.03. The standard InChI is InChI=1S/C8H13N3/c1-6-7(5-11(2)10-6)8(9)3-4-8/h5H,3-4,9H2,1-2H3. The van der Waals surface area contributed by atoms with E-state index in [4.69, 9.17) is 5.73 Å². The van der Waals surface area contributed by atoms with E-state index in [0.29, 0.717) is 0 Å². The van der Waals surface area contributed by atoms with Gasteiger partial charge in [0, 0.05) is 24.3 Å². The summed E-state index contributed by atoms with van der Waals surface area (Å²) in [6, 6.07) is 0. The summed E-state index contributed by atoms with van der Waals surface area (Å²) in [4.78, 5) is 0. The molecule has 1 aliphatic rings. The zero-order valence-electron chi connectivity index (χ0n) is 6.96. The summed E-state index contributed by atoms with van der Waals surface area (Å²) in [7, 11) is 1.93. The minimum absolute atomic E-state index is 0.0294. The molecule has 0 radical (unpaired) electrons. The number of nitrogens with zero attached hydrogens (tertiary/aromatic N) is 2. The minimum atomic E-state index is -0.0294. The van der Waals surface area contributed by atoms with E-state index >= 15 is 0 Å². The van der Waals surface area contributed by atoms with Crippen LogP contribution in [0.5, 0.6) is 0 Å². The second kappa shape index (κ2) is 1.85. The molecular formula is C8H13N3. The molecule has 60 valence electrons. The highest BCUT2D eigenvalue weighted by Gasteiger charge is 2.42. The van der Waals surface area contributed by atoms with E-state index in [1.807, 2.05) is 24.9 Å². The summed E-state index contributed by atoms with van der Waals surface area (Å²) < 4.78 is 1.83. The van der Waals surface area contributed by atoms with Gasteiger partial charge < -0.3 is 5.73 Å². The Morgan fingerprint density at radius 3 is 2.64 bits per heavy atom. The van der Waals surface area contributed by atoms with Crippen LogP contribution in [0.25, 0.3) is 0 Å². The zero-order valence-corrected chi connectivity index (χ0v) is 6.96. The number of aromatic nitrogens is 2. The zero-order chi connectivity index (χ0) is 8.06. The van der Waals surface area contributed by atoms with Crippen LogP contribution in [0.3, 0.4) is 0 Å². The second-order valence-electron chi connectivity index (χ2n) is 3.46. The molecule has 1 saturated carbocycles. The lowest BCUT2D eigenvalue weighted by Crippen LogP contribution is -2.18. The lowest BCUT2D eigenvalue weighted by Gasteiger charge is -2.04. The number of rotatable bonds is 1. The van der Waals surface area contributed by atoms with Crippen LogP contribution >= 0.6 is 0 Å². The average Bonchev–Trinajstić information content (AvgIpc) is 2.55. The maximum Gasteiger partial charge on any atom is 0.0644 e. The van der Waals surface area contributed by atoms with Crippen LogP contribution in [0, 0.1) is 6.92 Å². The highest BCUT2D eigenvalue weighted by atomic mass is 15.3. The third-order valence-corrected chi connectivity index (χ3v) is 2.34. The molecule has 0 saturated heterocycles. The molecule has 0 unspecified atom stereocenters. The molecule has 0 atom stereocenters. The Bertz CT molecular complexity index is 284. The fraction of sp³-hybridized carbons (Fsp3) is 0.625. The van der Waals surface area contributed by atoms with E-state index in [1.165, 1.54) is 5.56 Å². The van der Waals surface area contributed by atoms with E-state index in [0.717, 1.165) is 18.5 Å². The molecule has 1 aromatic rings. The van der Waals surface area contributed by atoms with Gasteiger partial charge in [0.05, 0.1) is 5.69 Å². The lowest BCUT2D eigenvalue weighted by atomic mass is 10.1. The fourth-order valence-corrected chi connectivity index (χ4v) is 1.49. The van der Waals surface area contributed by atoms with Gasteiger partial charge in [-0.1, -0.05) is 0 Å². The monoisotopic (exact) mass is 151 g/mol. The SMILES string of the molecule is Cc1nn(C)cc1C1(N)CC1. The molecule has 2 N–H and O–H groups in total. The first-order valence-electron chi connectivity index (χ1n) is 3.91. The van der Waals surface area contributed by atoms with Gasteiger partial charge in [-0.3, -0.25) is 4.68 Å². The first-order valence-corrected chi connectivity index (χ1v) is 3.91. The summed E-state index contributed by atoms with van der Waals surface area (Å²) in [5.41, 5.74) is 8.30. The van der Waals surface area contributed by atoms with Gasteiger partial charge in [-0.05, 0) is 19.8 Å². The first kappa shape index (κ1) is 6.85. The van der Waals surface area contributed by atoms with Crippen LogP contribution < -0.4 is 5.73 Å².